The van der Waals surface area contributed by atoms with Crippen LogP contribution in [0.3, 0.4) is 0 Å². The lowest BCUT2D eigenvalue weighted by Gasteiger charge is -2.10. The van der Waals surface area contributed by atoms with Crippen LogP contribution in [0.1, 0.15) is 11.1 Å². The Labute approximate surface area is 181 Å². The third-order valence-corrected chi connectivity index (χ3v) is 5.52. The lowest BCUT2D eigenvalue weighted by Crippen LogP contribution is -2.23. The molecule has 2 heterocycles. The first kappa shape index (κ1) is 19.5. The van der Waals surface area contributed by atoms with Crippen molar-refractivity contribution >= 4 is 33.5 Å². The highest BCUT2D eigenvalue weighted by atomic mass is 35.5. The minimum atomic E-state index is -0.397. The first-order valence-corrected chi connectivity index (χ1v) is 10.0. The SMILES string of the molecule is O=c1c2c(ncn1Cc1ccc(F)cc1)c1cc(F)ccc1n2Cc1cccc(Cl)c1. The highest BCUT2D eigenvalue weighted by molar-refractivity contribution is 6.30. The number of rotatable bonds is 4. The van der Waals surface area contributed by atoms with Crippen molar-refractivity contribution < 1.29 is 8.78 Å². The molecular weight excluding hydrogens is 420 g/mol. The minimum Gasteiger partial charge on any atom is -0.330 e. The van der Waals surface area contributed by atoms with E-state index in [1.165, 1.54) is 35.2 Å². The van der Waals surface area contributed by atoms with E-state index in [0.717, 1.165) is 11.1 Å². The highest BCUT2D eigenvalue weighted by Crippen LogP contribution is 2.27. The summed E-state index contributed by atoms with van der Waals surface area (Å²) in [5.74, 6) is -0.736. The quantitative estimate of drug-likeness (QED) is 0.380. The van der Waals surface area contributed by atoms with Crippen LogP contribution in [-0.4, -0.2) is 14.1 Å². The Kier molecular flexibility index (Phi) is 4.79. The molecule has 0 bridgehead atoms. The molecule has 0 saturated heterocycles. The van der Waals surface area contributed by atoms with Gasteiger partial charge in [0.1, 0.15) is 22.7 Å². The predicted molar refractivity (Wildman–Crippen MR) is 118 cm³/mol. The molecule has 0 spiro atoms. The Morgan fingerprint density at radius 1 is 0.871 bits per heavy atom. The van der Waals surface area contributed by atoms with Crippen LogP contribution in [0.15, 0.2) is 77.9 Å². The van der Waals surface area contributed by atoms with Gasteiger partial charge < -0.3 is 4.57 Å². The molecule has 0 aliphatic carbocycles. The zero-order chi connectivity index (χ0) is 21.5. The maximum Gasteiger partial charge on any atom is 0.278 e. The Bertz CT molecular complexity index is 1490. The standard InChI is InChI=1S/C24H16ClF2N3O/c25-17-3-1-2-16(10-17)13-30-21-9-8-19(27)11-20(21)22-23(30)24(31)29(14-28-22)12-15-4-6-18(26)7-5-15/h1-11,14H,12-13H2. The summed E-state index contributed by atoms with van der Waals surface area (Å²) < 4.78 is 30.5. The molecule has 5 aromatic rings. The molecule has 0 aliphatic heterocycles. The Morgan fingerprint density at radius 3 is 2.42 bits per heavy atom. The van der Waals surface area contributed by atoms with Crippen molar-refractivity contribution in [2.45, 2.75) is 13.1 Å². The number of fused-ring (bicyclic) bond motifs is 3. The van der Waals surface area contributed by atoms with E-state index >= 15 is 0 Å². The average molecular weight is 436 g/mol. The molecule has 4 nitrogen and oxygen atoms in total. The van der Waals surface area contributed by atoms with E-state index in [2.05, 4.69) is 4.98 Å². The third-order valence-electron chi connectivity index (χ3n) is 5.28. The number of aromatic nitrogens is 3. The van der Waals surface area contributed by atoms with Crippen molar-refractivity contribution in [2.24, 2.45) is 0 Å². The van der Waals surface area contributed by atoms with E-state index in [0.29, 0.717) is 33.5 Å². The number of nitrogens with zero attached hydrogens (tertiary/aromatic N) is 3. The van der Waals surface area contributed by atoms with Crippen LogP contribution in [0, 0.1) is 11.6 Å². The summed E-state index contributed by atoms with van der Waals surface area (Å²) >= 11 is 6.14. The number of benzene rings is 3. The van der Waals surface area contributed by atoms with Gasteiger partial charge in [-0.3, -0.25) is 9.36 Å². The molecule has 0 amide bonds. The van der Waals surface area contributed by atoms with Crippen molar-refractivity contribution in [2.75, 3.05) is 0 Å². The van der Waals surface area contributed by atoms with Crippen molar-refractivity contribution in [3.8, 4) is 0 Å². The van der Waals surface area contributed by atoms with Gasteiger partial charge in [0.2, 0.25) is 0 Å². The van der Waals surface area contributed by atoms with E-state index < -0.39 is 5.82 Å². The zero-order valence-corrected chi connectivity index (χ0v) is 17.0. The maximum absolute atomic E-state index is 14.0. The summed E-state index contributed by atoms with van der Waals surface area (Å²) in [5, 5.41) is 1.17. The van der Waals surface area contributed by atoms with Crippen molar-refractivity contribution in [3.63, 3.8) is 0 Å². The van der Waals surface area contributed by atoms with E-state index in [9.17, 15) is 13.6 Å². The predicted octanol–water partition coefficient (Wildman–Crippen LogP) is 5.38. The van der Waals surface area contributed by atoms with Gasteiger partial charge in [0.25, 0.3) is 5.56 Å². The third kappa shape index (κ3) is 3.59. The molecule has 0 atom stereocenters. The average Bonchev–Trinajstić information content (AvgIpc) is 3.05. The summed E-state index contributed by atoms with van der Waals surface area (Å²) in [5.41, 5.74) is 2.95. The fraction of sp³-hybridized carbons (Fsp3) is 0.0833. The first-order chi connectivity index (χ1) is 15.0. The van der Waals surface area contributed by atoms with Crippen molar-refractivity contribution in [1.82, 2.24) is 14.1 Å². The van der Waals surface area contributed by atoms with Crippen LogP contribution < -0.4 is 5.56 Å². The van der Waals surface area contributed by atoms with E-state index in [-0.39, 0.29) is 17.9 Å². The number of hydrogen-bond donors (Lipinski definition) is 0. The van der Waals surface area contributed by atoms with Crippen molar-refractivity contribution in [3.05, 3.63) is 111 Å². The van der Waals surface area contributed by atoms with Gasteiger partial charge >= 0.3 is 0 Å². The second-order valence-corrected chi connectivity index (χ2v) is 7.82. The summed E-state index contributed by atoms with van der Waals surface area (Å²) in [4.78, 5) is 17.9. The normalized spacial score (nSPS) is 11.5. The minimum absolute atomic E-state index is 0.245. The highest BCUT2D eigenvalue weighted by Gasteiger charge is 2.17. The smallest absolute Gasteiger partial charge is 0.278 e. The molecule has 3 aromatic carbocycles. The van der Waals surface area contributed by atoms with Crippen LogP contribution in [0.4, 0.5) is 8.78 Å². The lowest BCUT2D eigenvalue weighted by molar-refractivity contribution is 0.626. The Morgan fingerprint density at radius 2 is 1.65 bits per heavy atom. The van der Waals surface area contributed by atoms with Gasteiger partial charge in [-0.2, -0.15) is 0 Å². The topological polar surface area (TPSA) is 39.8 Å². The summed E-state index contributed by atoms with van der Waals surface area (Å²) in [6, 6.07) is 17.7. The summed E-state index contributed by atoms with van der Waals surface area (Å²) in [6.07, 6.45) is 1.45. The molecular formula is C24H16ClF2N3O. The molecule has 0 fully saturated rings. The van der Waals surface area contributed by atoms with Crippen LogP contribution in [0.5, 0.6) is 0 Å². The van der Waals surface area contributed by atoms with Gasteiger partial charge in [-0.15, -0.1) is 0 Å². The second kappa shape index (κ2) is 7.63. The molecule has 0 radical (unpaired) electrons. The van der Waals surface area contributed by atoms with Crippen molar-refractivity contribution in [1.29, 1.82) is 0 Å². The monoisotopic (exact) mass is 435 g/mol. The molecule has 31 heavy (non-hydrogen) atoms. The van der Waals surface area contributed by atoms with Gasteiger partial charge in [0, 0.05) is 17.0 Å². The molecule has 0 unspecified atom stereocenters. The summed E-state index contributed by atoms with van der Waals surface area (Å²) in [7, 11) is 0. The fourth-order valence-electron chi connectivity index (χ4n) is 3.85. The Balaban J connectivity index is 1.72. The molecule has 0 saturated carbocycles. The van der Waals surface area contributed by atoms with Crippen LogP contribution in [-0.2, 0) is 13.1 Å². The van der Waals surface area contributed by atoms with E-state index in [4.69, 9.17) is 11.6 Å². The van der Waals surface area contributed by atoms with Gasteiger partial charge in [-0.1, -0.05) is 35.9 Å². The molecule has 2 aromatic heterocycles. The Hall–Kier alpha value is -3.51. The fourth-order valence-corrected chi connectivity index (χ4v) is 4.07. The molecule has 7 heteroatoms. The van der Waals surface area contributed by atoms with Gasteiger partial charge in [0.05, 0.1) is 18.4 Å². The first-order valence-electron chi connectivity index (χ1n) is 9.65. The van der Waals surface area contributed by atoms with Crippen LogP contribution >= 0.6 is 11.6 Å². The zero-order valence-electron chi connectivity index (χ0n) is 16.2. The lowest BCUT2D eigenvalue weighted by atomic mass is 10.2. The van der Waals surface area contributed by atoms with E-state index in [1.807, 2.05) is 22.8 Å². The maximum atomic E-state index is 14.0. The van der Waals surface area contributed by atoms with Gasteiger partial charge in [-0.05, 0) is 53.6 Å². The van der Waals surface area contributed by atoms with Crippen LogP contribution in [0.2, 0.25) is 5.02 Å². The second-order valence-electron chi connectivity index (χ2n) is 7.38. The van der Waals surface area contributed by atoms with Gasteiger partial charge in [0.15, 0.2) is 0 Å². The summed E-state index contributed by atoms with van der Waals surface area (Å²) in [6.45, 7) is 0.624. The van der Waals surface area contributed by atoms with E-state index in [1.54, 1.807) is 24.3 Å². The van der Waals surface area contributed by atoms with Crippen LogP contribution in [0.25, 0.3) is 21.9 Å². The molecule has 0 N–H and O–H groups in total. The number of halogens is 3. The molecule has 0 aliphatic rings. The largest absolute Gasteiger partial charge is 0.330 e. The number of hydrogen-bond acceptors (Lipinski definition) is 2. The molecule has 5 rings (SSSR count). The van der Waals surface area contributed by atoms with Gasteiger partial charge in [-0.25, -0.2) is 13.8 Å². The molecule has 154 valence electrons.